The van der Waals surface area contributed by atoms with Crippen molar-refractivity contribution in [2.24, 2.45) is 0 Å². The molecule has 2 aromatic rings. The quantitative estimate of drug-likeness (QED) is 0.933. The Hall–Kier alpha value is -1.84. The van der Waals surface area contributed by atoms with Crippen LogP contribution >= 0.6 is 0 Å². The van der Waals surface area contributed by atoms with Crippen LogP contribution in [0.25, 0.3) is 0 Å². The lowest BCUT2D eigenvalue weighted by molar-refractivity contribution is 0.191. The fraction of sp³-hybridized carbons (Fsp3) is 0.333. The van der Waals surface area contributed by atoms with E-state index >= 15 is 0 Å². The number of nitrogens with one attached hydrogen (secondary N) is 1. The van der Waals surface area contributed by atoms with Crippen molar-refractivity contribution < 1.29 is 4.74 Å². The van der Waals surface area contributed by atoms with Crippen molar-refractivity contribution in [3.05, 3.63) is 65.7 Å². The van der Waals surface area contributed by atoms with E-state index in [4.69, 9.17) is 4.74 Å². The zero-order valence-corrected chi connectivity index (χ0v) is 12.5. The summed E-state index contributed by atoms with van der Waals surface area (Å²) in [4.78, 5) is 2.49. The average Bonchev–Trinajstić information content (AvgIpc) is 2.56. The molecule has 21 heavy (non-hydrogen) atoms. The highest BCUT2D eigenvalue weighted by Crippen LogP contribution is 2.22. The van der Waals surface area contributed by atoms with Crippen LogP contribution in [0.1, 0.15) is 17.2 Å². The van der Waals surface area contributed by atoms with Gasteiger partial charge in [0.1, 0.15) is 5.75 Å². The Labute approximate surface area is 126 Å². The predicted octanol–water partition coefficient (Wildman–Crippen LogP) is 2.84. The van der Waals surface area contributed by atoms with Crippen molar-refractivity contribution in [1.82, 2.24) is 10.2 Å². The molecule has 1 fully saturated rings. The van der Waals surface area contributed by atoms with Gasteiger partial charge in [0.25, 0.3) is 0 Å². The van der Waals surface area contributed by atoms with Crippen molar-refractivity contribution in [3.63, 3.8) is 0 Å². The molecule has 3 heteroatoms. The van der Waals surface area contributed by atoms with Gasteiger partial charge in [-0.2, -0.15) is 0 Å². The van der Waals surface area contributed by atoms with Gasteiger partial charge in [-0.15, -0.1) is 0 Å². The van der Waals surface area contributed by atoms with Crippen molar-refractivity contribution in [3.8, 4) is 5.75 Å². The second kappa shape index (κ2) is 6.74. The Balaban J connectivity index is 1.69. The first-order valence-electron chi connectivity index (χ1n) is 7.49. The molecule has 1 unspecified atom stereocenters. The van der Waals surface area contributed by atoms with E-state index < -0.39 is 0 Å². The molecule has 0 amide bonds. The van der Waals surface area contributed by atoms with E-state index in [1.165, 1.54) is 11.1 Å². The molecule has 3 rings (SSSR count). The van der Waals surface area contributed by atoms with Crippen molar-refractivity contribution in [1.29, 1.82) is 0 Å². The normalized spacial score (nSPS) is 19.4. The fourth-order valence-electron chi connectivity index (χ4n) is 2.94. The molecule has 0 aromatic heterocycles. The first-order chi connectivity index (χ1) is 10.4. The lowest BCUT2D eigenvalue weighted by Crippen LogP contribution is -2.45. The number of benzene rings is 2. The van der Waals surface area contributed by atoms with Gasteiger partial charge in [-0.25, -0.2) is 0 Å². The summed E-state index contributed by atoms with van der Waals surface area (Å²) < 4.78 is 5.46. The van der Waals surface area contributed by atoms with Gasteiger partial charge >= 0.3 is 0 Å². The molecule has 0 radical (unpaired) electrons. The number of methoxy groups -OCH3 is 1. The van der Waals surface area contributed by atoms with Crippen molar-refractivity contribution in [2.45, 2.75) is 12.6 Å². The number of hydrogen-bond donors (Lipinski definition) is 1. The van der Waals surface area contributed by atoms with Crippen LogP contribution < -0.4 is 10.1 Å². The summed E-state index contributed by atoms with van der Waals surface area (Å²) in [7, 11) is 1.74. The van der Waals surface area contributed by atoms with Gasteiger partial charge in [0.15, 0.2) is 0 Å². The van der Waals surface area contributed by atoms with E-state index in [0.717, 1.165) is 31.9 Å². The maximum Gasteiger partial charge on any atom is 0.123 e. The third-order valence-corrected chi connectivity index (χ3v) is 4.05. The van der Waals surface area contributed by atoms with Crippen LogP contribution in [0.15, 0.2) is 54.6 Å². The van der Waals surface area contributed by atoms with Crippen LogP contribution in [-0.4, -0.2) is 31.6 Å². The first kappa shape index (κ1) is 14.1. The number of hydrogen-bond acceptors (Lipinski definition) is 3. The molecular formula is C18H22N2O. The smallest absolute Gasteiger partial charge is 0.123 e. The summed E-state index contributed by atoms with van der Waals surface area (Å²) in [6.45, 7) is 4.06. The Kier molecular flexibility index (Phi) is 4.53. The molecule has 1 aliphatic heterocycles. The highest BCUT2D eigenvalue weighted by atomic mass is 16.5. The van der Waals surface area contributed by atoms with Gasteiger partial charge in [-0.05, 0) is 11.6 Å². The molecule has 1 saturated heterocycles. The maximum atomic E-state index is 5.46. The van der Waals surface area contributed by atoms with Gasteiger partial charge in [0, 0.05) is 37.8 Å². The largest absolute Gasteiger partial charge is 0.496 e. The van der Waals surface area contributed by atoms with Crippen LogP contribution in [0.4, 0.5) is 0 Å². The second-order valence-electron chi connectivity index (χ2n) is 5.46. The van der Waals surface area contributed by atoms with Crippen molar-refractivity contribution in [2.75, 3.05) is 26.7 Å². The minimum atomic E-state index is 0.412. The summed E-state index contributed by atoms with van der Waals surface area (Å²) >= 11 is 0. The zero-order chi connectivity index (χ0) is 14.5. The molecule has 3 nitrogen and oxygen atoms in total. The third kappa shape index (κ3) is 3.43. The lowest BCUT2D eigenvalue weighted by Gasteiger charge is -2.34. The molecule has 2 aromatic carbocycles. The molecule has 0 saturated carbocycles. The Morgan fingerprint density at radius 1 is 1.10 bits per heavy atom. The summed E-state index contributed by atoms with van der Waals surface area (Å²) in [5, 5.41) is 3.61. The third-order valence-electron chi connectivity index (χ3n) is 4.05. The van der Waals surface area contributed by atoms with Crippen LogP contribution in [0.5, 0.6) is 5.75 Å². The van der Waals surface area contributed by atoms with E-state index in [-0.39, 0.29) is 0 Å². The molecule has 1 aliphatic rings. The van der Waals surface area contributed by atoms with Crippen LogP contribution in [0.2, 0.25) is 0 Å². The summed E-state index contributed by atoms with van der Waals surface area (Å²) in [5.74, 6) is 0.979. The van der Waals surface area contributed by atoms with E-state index in [1.807, 2.05) is 12.1 Å². The molecule has 1 heterocycles. The van der Waals surface area contributed by atoms with E-state index in [9.17, 15) is 0 Å². The van der Waals surface area contributed by atoms with E-state index in [2.05, 4.69) is 52.7 Å². The van der Waals surface area contributed by atoms with Crippen LogP contribution in [-0.2, 0) is 6.54 Å². The van der Waals surface area contributed by atoms with Gasteiger partial charge in [-0.3, -0.25) is 4.90 Å². The lowest BCUT2D eigenvalue weighted by atomic mass is 10.0. The molecular weight excluding hydrogens is 260 g/mol. The Morgan fingerprint density at radius 3 is 2.67 bits per heavy atom. The van der Waals surface area contributed by atoms with Gasteiger partial charge in [0.2, 0.25) is 0 Å². The molecule has 1 N–H and O–H groups in total. The minimum absolute atomic E-state index is 0.412. The number of piperazine rings is 1. The van der Waals surface area contributed by atoms with Crippen LogP contribution in [0.3, 0.4) is 0 Å². The molecule has 0 aliphatic carbocycles. The predicted molar refractivity (Wildman–Crippen MR) is 85.5 cm³/mol. The van der Waals surface area contributed by atoms with Gasteiger partial charge in [-0.1, -0.05) is 48.5 Å². The molecule has 0 bridgehead atoms. The summed E-state index contributed by atoms with van der Waals surface area (Å²) in [6.07, 6.45) is 0. The average molecular weight is 282 g/mol. The van der Waals surface area contributed by atoms with Crippen LogP contribution in [0, 0.1) is 0 Å². The van der Waals surface area contributed by atoms with Gasteiger partial charge in [0.05, 0.1) is 7.11 Å². The highest BCUT2D eigenvalue weighted by molar-refractivity contribution is 5.33. The van der Waals surface area contributed by atoms with E-state index in [1.54, 1.807) is 7.11 Å². The Bertz CT molecular complexity index is 570. The summed E-state index contributed by atoms with van der Waals surface area (Å²) in [6, 6.07) is 19.4. The minimum Gasteiger partial charge on any atom is -0.496 e. The van der Waals surface area contributed by atoms with Crippen molar-refractivity contribution >= 4 is 0 Å². The number of ether oxygens (including phenoxy) is 1. The second-order valence-corrected chi connectivity index (χ2v) is 5.46. The number of para-hydroxylation sites is 1. The standard InChI is InChI=1S/C18H22N2O/c1-21-18-10-6-5-9-16(18)13-20-12-11-19-17(14-20)15-7-3-2-4-8-15/h2-10,17,19H,11-14H2,1H3. The first-order valence-corrected chi connectivity index (χ1v) is 7.49. The number of rotatable bonds is 4. The summed E-state index contributed by atoms with van der Waals surface area (Å²) in [5.41, 5.74) is 2.62. The van der Waals surface area contributed by atoms with E-state index in [0.29, 0.717) is 6.04 Å². The SMILES string of the molecule is COc1ccccc1CN1CCNC(c2ccccc2)C1. The van der Waals surface area contributed by atoms with Gasteiger partial charge < -0.3 is 10.1 Å². The molecule has 110 valence electrons. The number of nitrogens with zero attached hydrogens (tertiary/aromatic N) is 1. The fourth-order valence-corrected chi connectivity index (χ4v) is 2.94. The maximum absolute atomic E-state index is 5.46. The topological polar surface area (TPSA) is 24.5 Å². The molecule has 1 atom stereocenters. The Morgan fingerprint density at radius 2 is 1.86 bits per heavy atom. The zero-order valence-electron chi connectivity index (χ0n) is 12.5. The molecule has 0 spiro atoms. The highest BCUT2D eigenvalue weighted by Gasteiger charge is 2.21. The monoisotopic (exact) mass is 282 g/mol.